The summed E-state index contributed by atoms with van der Waals surface area (Å²) in [5.41, 5.74) is 1.57. The molecule has 0 aliphatic carbocycles. The Morgan fingerprint density at radius 3 is 2.36 bits per heavy atom. The zero-order chi connectivity index (χ0) is 22.9. The van der Waals surface area contributed by atoms with E-state index < -0.39 is 17.5 Å². The molecule has 33 heavy (non-hydrogen) atoms. The molecular weight excluding hydrogens is 432 g/mol. The molecule has 1 fully saturated rings. The fraction of sp³-hybridized carbons (Fsp3) is 0.304. The molecule has 1 aromatic heterocycles. The molecule has 10 heteroatoms. The molecule has 0 radical (unpaired) electrons. The largest absolute Gasteiger partial charge is 0.365 e. The number of rotatable bonds is 3. The van der Waals surface area contributed by atoms with Crippen molar-refractivity contribution >= 4 is 11.8 Å². The second-order valence-electron chi connectivity index (χ2n) is 7.99. The van der Waals surface area contributed by atoms with Gasteiger partial charge in [0.1, 0.15) is 17.7 Å². The zero-order valence-electron chi connectivity index (χ0n) is 17.7. The fourth-order valence-electron chi connectivity index (χ4n) is 4.14. The molecule has 0 N–H and O–H groups in total. The van der Waals surface area contributed by atoms with E-state index in [9.17, 15) is 18.4 Å². The van der Waals surface area contributed by atoms with Gasteiger partial charge in [-0.15, -0.1) is 5.10 Å². The van der Waals surface area contributed by atoms with Gasteiger partial charge in [0.2, 0.25) is 0 Å². The van der Waals surface area contributed by atoms with Gasteiger partial charge >= 0.3 is 0 Å². The first-order valence-corrected chi connectivity index (χ1v) is 10.6. The molecule has 2 amide bonds. The predicted molar refractivity (Wildman–Crippen MR) is 112 cm³/mol. The van der Waals surface area contributed by atoms with Crippen molar-refractivity contribution in [1.82, 2.24) is 24.8 Å². The maximum atomic E-state index is 14.0. The number of fused-ring (bicyclic) bond motifs is 1. The van der Waals surface area contributed by atoms with Crippen molar-refractivity contribution in [3.05, 3.63) is 82.7 Å². The van der Waals surface area contributed by atoms with Crippen molar-refractivity contribution in [3.63, 3.8) is 0 Å². The summed E-state index contributed by atoms with van der Waals surface area (Å²) in [7, 11) is 0. The smallest absolute Gasteiger partial charge is 0.276 e. The van der Waals surface area contributed by atoms with E-state index in [0.717, 1.165) is 23.8 Å². The highest BCUT2D eigenvalue weighted by Gasteiger charge is 2.32. The second kappa shape index (κ2) is 8.70. The van der Waals surface area contributed by atoms with E-state index in [-0.39, 0.29) is 56.1 Å². The number of piperazine rings is 1. The quantitative estimate of drug-likeness (QED) is 0.609. The molecule has 8 nitrogen and oxygen atoms in total. The number of carbonyl (C=O) groups excluding carboxylic acids is 2. The number of amides is 2. The molecule has 0 saturated carbocycles. The molecule has 3 aromatic rings. The first-order chi connectivity index (χ1) is 16.0. The molecule has 5 rings (SSSR count). The number of ether oxygens (including phenoxy) is 1. The Labute approximate surface area is 188 Å². The Balaban J connectivity index is 1.24. The van der Waals surface area contributed by atoms with Crippen LogP contribution in [0.25, 0.3) is 0 Å². The summed E-state index contributed by atoms with van der Waals surface area (Å²) in [6.07, 6.45) is -0.166. The van der Waals surface area contributed by atoms with E-state index in [4.69, 9.17) is 4.74 Å². The van der Waals surface area contributed by atoms with Crippen LogP contribution in [-0.2, 0) is 17.9 Å². The van der Waals surface area contributed by atoms with E-state index in [2.05, 4.69) is 10.3 Å². The molecule has 170 valence electrons. The normalized spacial score (nSPS) is 18.2. The summed E-state index contributed by atoms with van der Waals surface area (Å²) in [6, 6.07) is 12.6. The molecule has 2 aliphatic heterocycles. The minimum atomic E-state index is -0.774. The number of aromatic nitrogens is 3. The molecule has 2 aliphatic rings. The van der Waals surface area contributed by atoms with E-state index in [1.165, 1.54) is 4.90 Å². The lowest BCUT2D eigenvalue weighted by molar-refractivity contribution is -0.00202. The minimum absolute atomic E-state index is 0.166. The highest BCUT2D eigenvalue weighted by Crippen LogP contribution is 2.27. The number of hydrogen-bond donors (Lipinski definition) is 0. The Morgan fingerprint density at radius 1 is 0.939 bits per heavy atom. The fourth-order valence-corrected chi connectivity index (χ4v) is 4.14. The molecule has 1 saturated heterocycles. The summed E-state index contributed by atoms with van der Waals surface area (Å²) in [5.74, 6) is -2.34. The van der Waals surface area contributed by atoms with Crippen LogP contribution < -0.4 is 0 Å². The van der Waals surface area contributed by atoms with Crippen molar-refractivity contribution in [2.24, 2.45) is 0 Å². The Bertz CT molecular complexity index is 1190. The highest BCUT2D eigenvalue weighted by molar-refractivity contribution is 5.95. The molecule has 0 unspecified atom stereocenters. The third-order valence-corrected chi connectivity index (χ3v) is 5.98. The van der Waals surface area contributed by atoms with Gasteiger partial charge in [0, 0.05) is 26.2 Å². The van der Waals surface area contributed by atoms with E-state index in [1.807, 2.05) is 30.3 Å². The lowest BCUT2D eigenvalue weighted by atomic mass is 10.1. The molecule has 1 atom stereocenters. The summed E-state index contributed by atoms with van der Waals surface area (Å²) in [5, 5.41) is 8.24. The number of benzene rings is 2. The Kier molecular flexibility index (Phi) is 5.59. The van der Waals surface area contributed by atoms with Gasteiger partial charge < -0.3 is 14.5 Å². The van der Waals surface area contributed by atoms with E-state index >= 15 is 0 Å². The number of nitrogens with zero attached hydrogens (tertiary/aromatic N) is 5. The Morgan fingerprint density at radius 2 is 1.64 bits per heavy atom. The van der Waals surface area contributed by atoms with Crippen LogP contribution >= 0.6 is 0 Å². The van der Waals surface area contributed by atoms with Gasteiger partial charge in [0.15, 0.2) is 5.69 Å². The highest BCUT2D eigenvalue weighted by atomic mass is 19.1. The van der Waals surface area contributed by atoms with Crippen LogP contribution in [0, 0.1) is 11.6 Å². The maximum absolute atomic E-state index is 14.0. The lowest BCUT2D eigenvalue weighted by Gasteiger charge is -2.34. The van der Waals surface area contributed by atoms with Gasteiger partial charge in [0.25, 0.3) is 11.8 Å². The zero-order valence-corrected chi connectivity index (χ0v) is 17.7. The van der Waals surface area contributed by atoms with Crippen LogP contribution in [0.2, 0.25) is 0 Å². The molecule has 3 heterocycles. The Hall–Kier alpha value is -3.66. The van der Waals surface area contributed by atoms with Crippen LogP contribution in [-0.4, -0.2) is 62.8 Å². The monoisotopic (exact) mass is 453 g/mol. The van der Waals surface area contributed by atoms with Crippen molar-refractivity contribution in [2.75, 3.05) is 26.2 Å². The van der Waals surface area contributed by atoms with Crippen LogP contribution in [0.4, 0.5) is 8.78 Å². The van der Waals surface area contributed by atoms with E-state index in [0.29, 0.717) is 12.2 Å². The van der Waals surface area contributed by atoms with Crippen LogP contribution in [0.15, 0.2) is 48.5 Å². The number of carbonyl (C=O) groups is 2. The third-order valence-electron chi connectivity index (χ3n) is 5.98. The minimum Gasteiger partial charge on any atom is -0.365 e. The van der Waals surface area contributed by atoms with Crippen molar-refractivity contribution in [3.8, 4) is 0 Å². The van der Waals surface area contributed by atoms with Gasteiger partial charge in [-0.25, -0.2) is 13.5 Å². The van der Waals surface area contributed by atoms with Crippen LogP contribution in [0.3, 0.4) is 0 Å². The van der Waals surface area contributed by atoms with Crippen LogP contribution in [0.1, 0.15) is 38.2 Å². The van der Waals surface area contributed by atoms with Gasteiger partial charge in [0.05, 0.1) is 24.4 Å². The average Bonchev–Trinajstić information content (AvgIpc) is 3.28. The molecule has 0 bridgehead atoms. The van der Waals surface area contributed by atoms with Gasteiger partial charge in [-0.2, -0.15) is 0 Å². The maximum Gasteiger partial charge on any atom is 0.276 e. The average molecular weight is 453 g/mol. The topological polar surface area (TPSA) is 80.6 Å². The summed E-state index contributed by atoms with van der Waals surface area (Å²) < 4.78 is 35.0. The predicted octanol–water partition coefficient (Wildman–Crippen LogP) is 2.43. The SMILES string of the molecule is O=C(c1cc(F)ccc1F)N1CCN(C(=O)c2nnn3c2CO[C@H](c2ccccc2)C3)CC1. The van der Waals surface area contributed by atoms with E-state index in [1.54, 1.807) is 9.58 Å². The second-order valence-corrected chi connectivity index (χ2v) is 7.99. The first kappa shape index (κ1) is 21.2. The van der Waals surface area contributed by atoms with Gasteiger partial charge in [-0.1, -0.05) is 35.5 Å². The van der Waals surface area contributed by atoms with Crippen molar-refractivity contribution < 1.29 is 23.1 Å². The van der Waals surface area contributed by atoms with Crippen molar-refractivity contribution in [2.45, 2.75) is 19.3 Å². The lowest BCUT2D eigenvalue weighted by Crippen LogP contribution is -2.51. The first-order valence-electron chi connectivity index (χ1n) is 10.6. The molecule has 0 spiro atoms. The van der Waals surface area contributed by atoms with Gasteiger partial charge in [-0.05, 0) is 23.8 Å². The van der Waals surface area contributed by atoms with Gasteiger partial charge in [-0.3, -0.25) is 9.59 Å². The number of halogens is 2. The number of hydrogen-bond acceptors (Lipinski definition) is 5. The van der Waals surface area contributed by atoms with Crippen molar-refractivity contribution in [1.29, 1.82) is 0 Å². The molecule has 2 aromatic carbocycles. The summed E-state index contributed by atoms with van der Waals surface area (Å²) in [4.78, 5) is 28.7. The molecular formula is C23H21F2N5O3. The standard InChI is InChI=1S/C23H21F2N5O3/c24-16-6-7-18(25)17(12-16)22(31)28-8-10-29(11-9-28)23(32)21-19-14-33-20(13-30(19)27-26-21)15-4-2-1-3-5-15/h1-7,12,20H,8-11,13-14H2/t20-/m0/s1. The van der Waals surface area contributed by atoms with Crippen LogP contribution in [0.5, 0.6) is 0 Å². The summed E-state index contributed by atoms with van der Waals surface area (Å²) in [6.45, 7) is 1.59. The third kappa shape index (κ3) is 4.09. The summed E-state index contributed by atoms with van der Waals surface area (Å²) >= 11 is 0.